The van der Waals surface area contributed by atoms with Crippen molar-refractivity contribution >= 4 is 28.8 Å². The van der Waals surface area contributed by atoms with Crippen molar-refractivity contribution in [3.8, 4) is 30.0 Å². The topological polar surface area (TPSA) is 111 Å². The highest BCUT2D eigenvalue weighted by Gasteiger charge is 2.38. The Morgan fingerprint density at radius 1 is 1.18 bits per heavy atom. The van der Waals surface area contributed by atoms with E-state index in [-0.39, 0.29) is 16.9 Å². The first-order chi connectivity index (χ1) is 15.9. The monoisotopic (exact) mass is 451 g/mol. The summed E-state index contributed by atoms with van der Waals surface area (Å²) in [4.78, 5) is 12.6. The molecule has 2 aromatic rings. The van der Waals surface area contributed by atoms with Crippen molar-refractivity contribution in [2.24, 2.45) is 0 Å². The lowest BCUT2D eigenvalue weighted by Gasteiger charge is -2.20. The van der Waals surface area contributed by atoms with Crippen LogP contribution in [-0.2, 0) is 10.5 Å². The second-order valence-electron chi connectivity index (χ2n) is 7.91. The summed E-state index contributed by atoms with van der Waals surface area (Å²) in [6.45, 7) is 3.45. The van der Waals surface area contributed by atoms with Crippen LogP contribution in [0.1, 0.15) is 37.0 Å². The van der Waals surface area contributed by atoms with Crippen molar-refractivity contribution < 1.29 is 9.15 Å². The Morgan fingerprint density at radius 3 is 2.70 bits per heavy atom. The van der Waals surface area contributed by atoms with Crippen LogP contribution in [0.2, 0.25) is 0 Å². The summed E-state index contributed by atoms with van der Waals surface area (Å²) in [6.07, 6.45) is 4.00. The molecule has 160 valence electrons. The molecule has 0 spiro atoms. The zero-order valence-corrected chi connectivity index (χ0v) is 18.8. The molecule has 0 N–H and O–H groups in total. The maximum atomic E-state index is 12.6. The minimum Gasteiger partial charge on any atom is -0.480 e. The molecule has 0 aliphatic carbocycles. The zero-order chi connectivity index (χ0) is 23.6. The normalized spacial score (nSPS) is 16.5. The van der Waals surface area contributed by atoms with Crippen LogP contribution in [0.4, 0.5) is 0 Å². The van der Waals surface area contributed by atoms with Gasteiger partial charge >= 0.3 is 5.63 Å². The van der Waals surface area contributed by atoms with Gasteiger partial charge in [-0.15, -0.1) is 0 Å². The third-order valence-electron chi connectivity index (χ3n) is 5.33. The van der Waals surface area contributed by atoms with E-state index >= 15 is 0 Å². The van der Waals surface area contributed by atoms with E-state index in [1.165, 1.54) is 0 Å². The summed E-state index contributed by atoms with van der Waals surface area (Å²) in [5.41, 5.74) is 1.56. The molecular formula is C26H17N3O3S. The Kier molecular flexibility index (Phi) is 5.85. The third-order valence-corrected chi connectivity index (χ3v) is 6.34. The lowest BCUT2D eigenvalue weighted by molar-refractivity contribution is 0.0954. The van der Waals surface area contributed by atoms with Gasteiger partial charge in [-0.25, -0.2) is 4.79 Å². The quantitative estimate of drug-likeness (QED) is 0.369. The molecule has 0 radical (unpaired) electrons. The Balaban J connectivity index is 1.81. The van der Waals surface area contributed by atoms with E-state index in [1.54, 1.807) is 44.2 Å². The maximum absolute atomic E-state index is 12.6. The minimum atomic E-state index is -0.960. The van der Waals surface area contributed by atoms with Gasteiger partial charge < -0.3 is 9.15 Å². The van der Waals surface area contributed by atoms with Gasteiger partial charge in [0.05, 0.1) is 5.56 Å². The average Bonchev–Trinajstić information content (AvgIpc) is 3.03. The van der Waals surface area contributed by atoms with Crippen LogP contribution < -0.4 is 5.63 Å². The number of thioether (sulfide) groups is 1. The highest BCUT2D eigenvalue weighted by atomic mass is 32.2. The number of nitrogens with zero attached hydrogens (tertiary/aromatic N) is 3. The molecule has 2 aliphatic rings. The van der Waals surface area contributed by atoms with Crippen molar-refractivity contribution in [1.82, 2.24) is 0 Å². The van der Waals surface area contributed by atoms with Crippen LogP contribution in [0.5, 0.6) is 0 Å². The number of nitriles is 3. The minimum absolute atomic E-state index is 0.0464. The summed E-state index contributed by atoms with van der Waals surface area (Å²) in [5.74, 6) is 8.06. The Bertz CT molecular complexity index is 1510. The fourth-order valence-corrected chi connectivity index (χ4v) is 4.55. The predicted octanol–water partition coefficient (Wildman–Crippen LogP) is 4.72. The van der Waals surface area contributed by atoms with Crippen molar-refractivity contribution in [1.29, 1.82) is 15.8 Å². The second kappa shape index (κ2) is 8.76. The van der Waals surface area contributed by atoms with Gasteiger partial charge in [0.2, 0.25) is 0 Å². The third kappa shape index (κ3) is 4.16. The molecule has 0 atom stereocenters. The first kappa shape index (κ1) is 22.0. The molecule has 1 aromatic carbocycles. The van der Waals surface area contributed by atoms with Crippen LogP contribution in [0.15, 0.2) is 56.0 Å². The Labute approximate surface area is 195 Å². The van der Waals surface area contributed by atoms with E-state index in [0.29, 0.717) is 16.7 Å². The van der Waals surface area contributed by atoms with Gasteiger partial charge in [-0.1, -0.05) is 17.9 Å². The molecule has 0 saturated heterocycles. The maximum Gasteiger partial charge on any atom is 0.343 e. The molecule has 4 rings (SSSR count). The van der Waals surface area contributed by atoms with Gasteiger partial charge in [0.1, 0.15) is 35.0 Å². The van der Waals surface area contributed by atoms with Crippen molar-refractivity contribution in [2.45, 2.75) is 31.6 Å². The molecule has 0 unspecified atom stereocenters. The lowest BCUT2D eigenvalue weighted by Crippen LogP contribution is -2.20. The Hall–Kier alpha value is -4.17. The fraction of sp³-hybridized carbons (Fsp3) is 0.231. The molecule has 0 amide bonds. The highest BCUT2D eigenvalue weighted by Crippen LogP contribution is 2.40. The van der Waals surface area contributed by atoms with E-state index < -0.39 is 11.2 Å². The molecule has 7 heteroatoms. The summed E-state index contributed by atoms with van der Waals surface area (Å²) in [5, 5.41) is 28.8. The molecule has 3 heterocycles. The molecule has 6 nitrogen and oxygen atoms in total. The molecule has 0 fully saturated rings. The van der Waals surface area contributed by atoms with E-state index in [4.69, 9.17) is 9.15 Å². The van der Waals surface area contributed by atoms with E-state index in [1.807, 2.05) is 30.0 Å². The summed E-state index contributed by atoms with van der Waals surface area (Å²) >= 11 is 1.81. The smallest absolute Gasteiger partial charge is 0.343 e. The largest absolute Gasteiger partial charge is 0.480 e. The molecule has 1 aromatic heterocycles. The fourth-order valence-electron chi connectivity index (χ4n) is 3.70. The van der Waals surface area contributed by atoms with Gasteiger partial charge in [0.15, 0.2) is 11.3 Å². The number of allylic oxidation sites excluding steroid dienone is 2. The van der Waals surface area contributed by atoms with Crippen LogP contribution >= 0.6 is 11.8 Å². The standard InChI is InChI=1S/C26H17N3O3S/c1-26(2)22(21(14-29)24(32-26)20(12-27)13-28)7-6-17-9-18-10-19-15-33-8-4-3-5-16(19)11-23(18)31-25(17)30/h6-7,9-11H,4,8,15H2,1-2H3/b7-6+. The van der Waals surface area contributed by atoms with E-state index in [2.05, 4.69) is 11.8 Å². The Morgan fingerprint density at radius 2 is 1.97 bits per heavy atom. The molecule has 0 bridgehead atoms. The van der Waals surface area contributed by atoms with Gasteiger partial charge in [0.25, 0.3) is 0 Å². The van der Waals surface area contributed by atoms with Crippen molar-refractivity contribution in [2.75, 3.05) is 5.75 Å². The average molecular weight is 452 g/mol. The van der Waals surface area contributed by atoms with Crippen LogP contribution in [0.25, 0.3) is 17.0 Å². The summed E-state index contributed by atoms with van der Waals surface area (Å²) in [6, 6.07) is 11.1. The van der Waals surface area contributed by atoms with E-state index in [0.717, 1.165) is 34.4 Å². The van der Waals surface area contributed by atoms with Crippen LogP contribution in [-0.4, -0.2) is 11.4 Å². The van der Waals surface area contributed by atoms with Gasteiger partial charge in [-0.05, 0) is 43.7 Å². The number of fused-ring (bicyclic) bond motifs is 2. The second-order valence-corrected chi connectivity index (χ2v) is 9.02. The number of hydrogen-bond acceptors (Lipinski definition) is 7. The highest BCUT2D eigenvalue weighted by molar-refractivity contribution is 7.98. The van der Waals surface area contributed by atoms with Crippen molar-refractivity contribution in [3.05, 3.63) is 73.9 Å². The van der Waals surface area contributed by atoms with Gasteiger partial charge in [0, 0.05) is 34.4 Å². The molecule has 0 saturated carbocycles. The molecular weight excluding hydrogens is 434 g/mol. The summed E-state index contributed by atoms with van der Waals surface area (Å²) in [7, 11) is 0. The SMILES string of the molecule is CC1(C)OC(=C(C#N)C#N)C(C#N)=C1/C=C/c1cc2cc3c(cc2oc1=O)C#CCCSC3. The van der Waals surface area contributed by atoms with Crippen LogP contribution in [0.3, 0.4) is 0 Å². The first-order valence-corrected chi connectivity index (χ1v) is 11.3. The van der Waals surface area contributed by atoms with Crippen LogP contribution in [0, 0.1) is 45.8 Å². The predicted molar refractivity (Wildman–Crippen MR) is 125 cm³/mol. The lowest BCUT2D eigenvalue weighted by atomic mass is 9.94. The zero-order valence-electron chi connectivity index (χ0n) is 18.0. The number of hydrogen-bond donors (Lipinski definition) is 0. The van der Waals surface area contributed by atoms with E-state index in [9.17, 15) is 20.6 Å². The number of rotatable bonds is 2. The summed E-state index contributed by atoms with van der Waals surface area (Å²) < 4.78 is 11.3. The molecule has 33 heavy (non-hydrogen) atoms. The number of benzene rings is 1. The van der Waals surface area contributed by atoms with Gasteiger partial charge in [-0.3, -0.25) is 0 Å². The van der Waals surface area contributed by atoms with Crippen molar-refractivity contribution in [3.63, 3.8) is 0 Å². The first-order valence-electron chi connectivity index (χ1n) is 10.1. The van der Waals surface area contributed by atoms with Gasteiger partial charge in [-0.2, -0.15) is 27.5 Å². The molecule has 2 aliphatic heterocycles. The number of ether oxygens (including phenoxy) is 1.